The summed E-state index contributed by atoms with van der Waals surface area (Å²) in [6.45, 7) is 2.48. The monoisotopic (exact) mass is 271 g/mol. The average Bonchev–Trinajstić information content (AvgIpc) is 2.20. The normalized spacial score (nSPS) is 24.5. The molecule has 0 saturated carbocycles. The highest BCUT2D eigenvalue weighted by molar-refractivity contribution is 9.10. The minimum absolute atomic E-state index is 0.0563. The summed E-state index contributed by atoms with van der Waals surface area (Å²) in [7, 11) is 0. The second-order valence-electron chi connectivity index (χ2n) is 4.01. The van der Waals surface area contributed by atoms with E-state index >= 15 is 0 Å². The van der Waals surface area contributed by atoms with Crippen molar-refractivity contribution in [3.63, 3.8) is 0 Å². The lowest BCUT2D eigenvalue weighted by molar-refractivity contribution is 0.138. The van der Waals surface area contributed by atoms with E-state index in [4.69, 9.17) is 10.5 Å². The molecule has 0 aromatic heterocycles. The largest absolute Gasteiger partial charge is 0.493 e. The maximum absolute atomic E-state index is 9.38. The standard InChI is InChI=1S/C11H14BrNO2/c1-7-4-8(12)5-9-10(7)15-3-2-11(9,13)6-14/h4-5,14H,2-3,6,13H2,1H3. The van der Waals surface area contributed by atoms with Gasteiger partial charge in [-0.3, -0.25) is 0 Å². The fraction of sp³-hybridized carbons (Fsp3) is 0.455. The third-order valence-corrected chi connectivity index (χ3v) is 3.31. The molecule has 82 valence electrons. The van der Waals surface area contributed by atoms with E-state index in [1.807, 2.05) is 19.1 Å². The van der Waals surface area contributed by atoms with Crippen LogP contribution in [-0.4, -0.2) is 18.3 Å². The van der Waals surface area contributed by atoms with Gasteiger partial charge in [-0.1, -0.05) is 15.9 Å². The van der Waals surface area contributed by atoms with Gasteiger partial charge in [-0.2, -0.15) is 0 Å². The Bertz CT molecular complexity index is 394. The molecule has 1 aromatic rings. The van der Waals surface area contributed by atoms with Crippen molar-refractivity contribution in [1.29, 1.82) is 0 Å². The van der Waals surface area contributed by atoms with Gasteiger partial charge < -0.3 is 15.6 Å². The van der Waals surface area contributed by atoms with Crippen molar-refractivity contribution >= 4 is 15.9 Å². The first-order valence-electron chi connectivity index (χ1n) is 4.90. The number of hydrogen-bond acceptors (Lipinski definition) is 3. The first-order valence-corrected chi connectivity index (χ1v) is 5.69. The topological polar surface area (TPSA) is 55.5 Å². The van der Waals surface area contributed by atoms with Gasteiger partial charge in [0.05, 0.1) is 18.8 Å². The summed E-state index contributed by atoms with van der Waals surface area (Å²) in [6, 6.07) is 3.92. The number of rotatable bonds is 1. The van der Waals surface area contributed by atoms with Crippen LogP contribution in [0.5, 0.6) is 5.75 Å². The first kappa shape index (κ1) is 10.9. The van der Waals surface area contributed by atoms with E-state index < -0.39 is 5.54 Å². The van der Waals surface area contributed by atoms with E-state index in [9.17, 15) is 5.11 Å². The van der Waals surface area contributed by atoms with E-state index in [2.05, 4.69) is 15.9 Å². The molecule has 1 unspecified atom stereocenters. The van der Waals surface area contributed by atoms with Gasteiger partial charge in [0.25, 0.3) is 0 Å². The van der Waals surface area contributed by atoms with Crippen molar-refractivity contribution in [3.8, 4) is 5.75 Å². The maximum Gasteiger partial charge on any atom is 0.127 e. The van der Waals surface area contributed by atoms with Gasteiger partial charge in [0.15, 0.2) is 0 Å². The number of halogens is 1. The average molecular weight is 272 g/mol. The highest BCUT2D eigenvalue weighted by Gasteiger charge is 2.34. The molecule has 1 atom stereocenters. The van der Waals surface area contributed by atoms with Crippen LogP contribution in [-0.2, 0) is 5.54 Å². The van der Waals surface area contributed by atoms with Gasteiger partial charge in [0, 0.05) is 16.5 Å². The quantitative estimate of drug-likeness (QED) is 0.818. The molecule has 1 aliphatic rings. The van der Waals surface area contributed by atoms with Crippen molar-refractivity contribution < 1.29 is 9.84 Å². The van der Waals surface area contributed by atoms with Crippen LogP contribution < -0.4 is 10.5 Å². The maximum atomic E-state index is 9.38. The van der Waals surface area contributed by atoms with Gasteiger partial charge >= 0.3 is 0 Å². The van der Waals surface area contributed by atoms with Gasteiger partial charge in [-0.15, -0.1) is 0 Å². The smallest absolute Gasteiger partial charge is 0.127 e. The van der Waals surface area contributed by atoms with Crippen LogP contribution in [0.2, 0.25) is 0 Å². The Morgan fingerprint density at radius 1 is 1.60 bits per heavy atom. The molecule has 15 heavy (non-hydrogen) atoms. The van der Waals surface area contributed by atoms with Gasteiger partial charge in [0.2, 0.25) is 0 Å². The Labute approximate surface area is 97.4 Å². The molecular formula is C11H14BrNO2. The molecule has 1 heterocycles. The lowest BCUT2D eigenvalue weighted by Crippen LogP contribution is -2.44. The van der Waals surface area contributed by atoms with Crippen molar-refractivity contribution in [2.75, 3.05) is 13.2 Å². The highest BCUT2D eigenvalue weighted by Crippen LogP contribution is 2.39. The van der Waals surface area contributed by atoms with Crippen molar-refractivity contribution in [2.45, 2.75) is 18.9 Å². The zero-order chi connectivity index (χ0) is 11.1. The second kappa shape index (κ2) is 3.77. The molecular weight excluding hydrogens is 258 g/mol. The third-order valence-electron chi connectivity index (χ3n) is 2.85. The molecule has 0 amide bonds. The van der Waals surface area contributed by atoms with E-state index in [-0.39, 0.29) is 6.61 Å². The molecule has 0 radical (unpaired) electrons. The Morgan fingerprint density at radius 2 is 2.33 bits per heavy atom. The number of hydrogen-bond donors (Lipinski definition) is 2. The Morgan fingerprint density at radius 3 is 3.00 bits per heavy atom. The van der Waals surface area contributed by atoms with Gasteiger partial charge in [-0.05, 0) is 24.6 Å². The Hall–Kier alpha value is -0.580. The molecule has 0 saturated heterocycles. The van der Waals surface area contributed by atoms with Gasteiger partial charge in [0.1, 0.15) is 5.75 Å². The first-order chi connectivity index (χ1) is 7.07. The molecule has 1 aromatic carbocycles. The van der Waals surface area contributed by atoms with E-state index in [1.54, 1.807) is 0 Å². The fourth-order valence-electron chi connectivity index (χ4n) is 1.93. The molecule has 0 fully saturated rings. The molecule has 0 bridgehead atoms. The summed E-state index contributed by atoms with van der Waals surface area (Å²) in [4.78, 5) is 0. The molecule has 3 N–H and O–H groups in total. The molecule has 4 heteroatoms. The van der Waals surface area contributed by atoms with Crippen LogP contribution in [0.15, 0.2) is 16.6 Å². The molecule has 3 nitrogen and oxygen atoms in total. The molecule has 1 aliphatic heterocycles. The van der Waals surface area contributed by atoms with Crippen molar-refractivity contribution in [1.82, 2.24) is 0 Å². The number of benzene rings is 1. The summed E-state index contributed by atoms with van der Waals surface area (Å²) < 4.78 is 6.56. The minimum atomic E-state index is -0.665. The van der Waals surface area contributed by atoms with E-state index in [0.717, 1.165) is 21.3 Å². The molecule has 2 rings (SSSR count). The predicted octanol–water partition coefficient (Wildman–Crippen LogP) is 1.69. The van der Waals surface area contributed by atoms with Crippen LogP contribution in [0, 0.1) is 6.92 Å². The Kier molecular flexibility index (Phi) is 2.75. The number of fused-ring (bicyclic) bond motifs is 1. The van der Waals surface area contributed by atoms with Crippen LogP contribution in [0.25, 0.3) is 0 Å². The summed E-state index contributed by atoms with van der Waals surface area (Å²) in [5.74, 6) is 0.820. The Balaban J connectivity index is 2.60. The molecule has 0 spiro atoms. The summed E-state index contributed by atoms with van der Waals surface area (Å²) in [5, 5.41) is 9.38. The molecule has 0 aliphatic carbocycles. The zero-order valence-electron chi connectivity index (χ0n) is 8.59. The van der Waals surface area contributed by atoms with Crippen LogP contribution in [0.3, 0.4) is 0 Å². The van der Waals surface area contributed by atoms with Crippen LogP contribution in [0.4, 0.5) is 0 Å². The van der Waals surface area contributed by atoms with Crippen LogP contribution in [0.1, 0.15) is 17.5 Å². The number of aliphatic hydroxyl groups is 1. The number of aliphatic hydroxyl groups excluding tert-OH is 1. The number of aryl methyl sites for hydroxylation is 1. The minimum Gasteiger partial charge on any atom is -0.493 e. The lowest BCUT2D eigenvalue weighted by Gasteiger charge is -2.34. The predicted molar refractivity (Wildman–Crippen MR) is 61.9 cm³/mol. The number of nitrogens with two attached hydrogens (primary N) is 1. The fourth-order valence-corrected chi connectivity index (χ4v) is 2.50. The SMILES string of the molecule is Cc1cc(Br)cc2c1OCCC2(N)CO. The van der Waals surface area contributed by atoms with Gasteiger partial charge in [-0.25, -0.2) is 0 Å². The second-order valence-corrected chi connectivity index (χ2v) is 4.93. The number of ether oxygens (including phenoxy) is 1. The van der Waals surface area contributed by atoms with Crippen LogP contribution >= 0.6 is 15.9 Å². The summed E-state index contributed by atoms with van der Waals surface area (Å²) in [5.41, 5.74) is 7.43. The summed E-state index contributed by atoms with van der Waals surface area (Å²) in [6.07, 6.45) is 0.645. The zero-order valence-corrected chi connectivity index (χ0v) is 10.2. The van der Waals surface area contributed by atoms with E-state index in [1.165, 1.54) is 0 Å². The lowest BCUT2D eigenvalue weighted by atomic mass is 9.85. The third kappa shape index (κ3) is 1.77. The van der Waals surface area contributed by atoms with Crippen molar-refractivity contribution in [2.24, 2.45) is 5.73 Å². The van der Waals surface area contributed by atoms with Crippen molar-refractivity contribution in [3.05, 3.63) is 27.7 Å². The van der Waals surface area contributed by atoms with E-state index in [0.29, 0.717) is 13.0 Å². The summed E-state index contributed by atoms with van der Waals surface area (Å²) >= 11 is 3.43. The highest BCUT2D eigenvalue weighted by atomic mass is 79.9.